The quantitative estimate of drug-likeness (QED) is 0.433. The van der Waals surface area contributed by atoms with Crippen molar-refractivity contribution in [2.24, 2.45) is 0 Å². The van der Waals surface area contributed by atoms with E-state index in [0.717, 1.165) is 0 Å². The van der Waals surface area contributed by atoms with Gasteiger partial charge in [0, 0.05) is 9.17 Å². The van der Waals surface area contributed by atoms with Crippen LogP contribution in [0.15, 0.2) is 0 Å². The summed E-state index contributed by atoms with van der Waals surface area (Å²) in [6.45, 7) is 0. The van der Waals surface area contributed by atoms with Gasteiger partial charge in [0.2, 0.25) is 0 Å². The molecule has 0 aliphatic carbocycles. The van der Waals surface area contributed by atoms with Crippen molar-refractivity contribution >= 4 is 9.17 Å². The Morgan fingerprint density at radius 3 is 1.40 bits per heavy atom. The summed E-state index contributed by atoms with van der Waals surface area (Å²) < 4.78 is 8.52. The Hall–Kier alpha value is 1.14. The van der Waals surface area contributed by atoms with Gasteiger partial charge in [-0.3, -0.25) is 0 Å². The van der Waals surface area contributed by atoms with Gasteiger partial charge < -0.3 is 14.1 Å². The molecule has 0 aliphatic rings. The average Bonchev–Trinajstić information content (AvgIpc) is 0.811. The van der Waals surface area contributed by atoms with Gasteiger partial charge in [-0.1, -0.05) is 0 Å². The maximum Gasteiger partial charge on any atom is 2.00 e. The van der Waals surface area contributed by atoms with E-state index in [9.17, 15) is 0 Å². The summed E-state index contributed by atoms with van der Waals surface area (Å²) in [5.74, 6) is 0. The SMILES string of the molecule is O=[Si]([O-])[O-].[Yb+2]. The zero-order valence-electron chi connectivity index (χ0n) is 1.99. The van der Waals surface area contributed by atoms with E-state index in [-0.39, 0.29) is 46.9 Å². The van der Waals surface area contributed by atoms with Gasteiger partial charge in [0.05, 0.1) is 0 Å². The predicted molar refractivity (Wildman–Crippen MR) is 6.44 cm³/mol. The Labute approximate surface area is 69.2 Å². The average molecular weight is 249 g/mol. The maximum absolute atomic E-state index is 8.52. The predicted octanol–water partition coefficient (Wildman–Crippen LogP) is -2.88. The molecule has 0 aromatic rings. The van der Waals surface area contributed by atoms with Gasteiger partial charge in [-0.15, -0.1) is 0 Å². The molecule has 0 N–H and O–H groups in total. The molecule has 0 saturated heterocycles. The van der Waals surface area contributed by atoms with E-state index in [1.807, 2.05) is 0 Å². The monoisotopic (exact) mass is 250 g/mol. The molecular formula is O3SiYb. The van der Waals surface area contributed by atoms with Crippen LogP contribution in [-0.2, 0) is 4.46 Å². The fourth-order valence-electron chi connectivity index (χ4n) is 0. The minimum absolute atomic E-state index is 0. The number of hydrogen-bond acceptors (Lipinski definition) is 3. The molecule has 0 heterocycles. The Kier molecular flexibility index (Phi) is 9.72. The molecule has 0 aromatic carbocycles. The van der Waals surface area contributed by atoms with Gasteiger partial charge in [-0.05, 0) is 0 Å². The van der Waals surface area contributed by atoms with E-state index in [1.165, 1.54) is 0 Å². The van der Waals surface area contributed by atoms with Crippen LogP contribution in [0.4, 0.5) is 0 Å². The Bertz CT molecular complexity index is 29.9. The molecule has 0 amide bonds. The molecule has 3 nitrogen and oxygen atoms in total. The first-order valence-corrected chi connectivity index (χ1v) is 1.84. The second-order valence-corrected chi connectivity index (χ2v) is 0.750. The van der Waals surface area contributed by atoms with Crippen molar-refractivity contribution in [2.75, 3.05) is 0 Å². The standard InChI is InChI=1S/O3Si.Yb/c1-4(2)3;/q-2;+2. The topological polar surface area (TPSA) is 63.2 Å². The molecule has 5 heavy (non-hydrogen) atoms. The molecule has 0 spiro atoms. The molecule has 0 fully saturated rings. The van der Waals surface area contributed by atoms with Crippen molar-refractivity contribution in [3.05, 3.63) is 0 Å². The zero-order chi connectivity index (χ0) is 3.58. The molecule has 0 rings (SSSR count). The Morgan fingerprint density at radius 2 is 1.40 bits per heavy atom. The number of hydrogen-bond donors (Lipinski definition) is 0. The van der Waals surface area contributed by atoms with Crippen molar-refractivity contribution in [2.45, 2.75) is 0 Å². The summed E-state index contributed by atoms with van der Waals surface area (Å²) in [7, 11) is -3.63. The van der Waals surface area contributed by atoms with E-state index in [1.54, 1.807) is 0 Å². The van der Waals surface area contributed by atoms with E-state index in [0.29, 0.717) is 0 Å². The molecule has 0 unspecified atom stereocenters. The fraction of sp³-hybridized carbons (Fsp3) is 0. The van der Waals surface area contributed by atoms with Crippen LogP contribution in [0.1, 0.15) is 0 Å². The van der Waals surface area contributed by atoms with Crippen LogP contribution in [-0.4, -0.2) is 9.17 Å². The largest absolute Gasteiger partial charge is 2.00 e. The molecular weight excluding hydrogens is 249 g/mol. The third-order valence-corrected chi connectivity index (χ3v) is 0. The van der Waals surface area contributed by atoms with E-state index >= 15 is 0 Å². The molecule has 36 valence electrons. The molecule has 5 heteroatoms. The Balaban J connectivity index is 0. The van der Waals surface area contributed by atoms with Crippen molar-refractivity contribution in [1.82, 2.24) is 0 Å². The second-order valence-electron chi connectivity index (χ2n) is 0.250. The van der Waals surface area contributed by atoms with Gasteiger partial charge in [-0.2, -0.15) is 0 Å². The molecule has 0 aliphatic heterocycles. The normalized spacial score (nSPS) is 4.80. The number of rotatable bonds is 0. The van der Waals surface area contributed by atoms with Crippen molar-refractivity contribution in [3.63, 3.8) is 0 Å². The van der Waals surface area contributed by atoms with Gasteiger partial charge in [0.1, 0.15) is 0 Å². The van der Waals surface area contributed by atoms with Crippen LogP contribution < -0.4 is 9.59 Å². The summed E-state index contributed by atoms with van der Waals surface area (Å²) >= 11 is 0. The minimum atomic E-state index is -3.63. The van der Waals surface area contributed by atoms with Crippen molar-refractivity contribution in [1.29, 1.82) is 0 Å². The fourth-order valence-corrected chi connectivity index (χ4v) is 0. The summed E-state index contributed by atoms with van der Waals surface area (Å²) in [5.41, 5.74) is 0. The van der Waals surface area contributed by atoms with Gasteiger partial charge >= 0.3 is 46.9 Å². The van der Waals surface area contributed by atoms with Crippen LogP contribution in [0.3, 0.4) is 0 Å². The van der Waals surface area contributed by atoms with Crippen LogP contribution >= 0.6 is 0 Å². The van der Waals surface area contributed by atoms with E-state index < -0.39 is 9.17 Å². The smallest absolute Gasteiger partial charge is 0.672 e. The summed E-state index contributed by atoms with van der Waals surface area (Å²) in [4.78, 5) is 17.0. The molecule has 0 bridgehead atoms. The van der Waals surface area contributed by atoms with Gasteiger partial charge in [-0.25, -0.2) is 0 Å². The third-order valence-electron chi connectivity index (χ3n) is 0. The van der Waals surface area contributed by atoms with Crippen LogP contribution in [0.5, 0.6) is 0 Å². The Morgan fingerprint density at radius 1 is 1.40 bits per heavy atom. The van der Waals surface area contributed by atoms with Crippen molar-refractivity contribution in [3.8, 4) is 0 Å². The summed E-state index contributed by atoms with van der Waals surface area (Å²) in [6, 6.07) is 0. The van der Waals surface area contributed by atoms with Crippen LogP contribution in [0, 0.1) is 46.9 Å². The molecule has 0 radical (unpaired) electrons. The maximum atomic E-state index is 8.52. The first kappa shape index (κ1) is 9.46. The van der Waals surface area contributed by atoms with Crippen LogP contribution in [0.2, 0.25) is 0 Å². The van der Waals surface area contributed by atoms with Gasteiger partial charge in [0.15, 0.2) is 0 Å². The van der Waals surface area contributed by atoms with Crippen molar-refractivity contribution < 1.29 is 61.0 Å². The van der Waals surface area contributed by atoms with E-state index in [2.05, 4.69) is 0 Å². The molecule has 0 atom stereocenters. The van der Waals surface area contributed by atoms with Gasteiger partial charge in [0.25, 0.3) is 0 Å². The second kappa shape index (κ2) is 5.14. The molecule has 0 aromatic heterocycles. The van der Waals surface area contributed by atoms with E-state index in [4.69, 9.17) is 14.1 Å². The first-order chi connectivity index (χ1) is 1.73. The summed E-state index contributed by atoms with van der Waals surface area (Å²) in [5, 5.41) is 0. The zero-order valence-corrected chi connectivity index (χ0v) is 4.71. The molecule has 0 saturated carbocycles. The first-order valence-electron chi connectivity index (χ1n) is 0.612. The van der Waals surface area contributed by atoms with Crippen LogP contribution in [0.25, 0.3) is 0 Å². The summed E-state index contributed by atoms with van der Waals surface area (Å²) in [6.07, 6.45) is 0. The third kappa shape index (κ3) is 39.1. The minimum Gasteiger partial charge on any atom is -0.672 e.